The summed E-state index contributed by atoms with van der Waals surface area (Å²) >= 11 is 1.63. The molecular weight excluding hydrogens is 232 g/mol. The molecule has 0 amide bonds. The molecule has 0 aliphatic carbocycles. The van der Waals surface area contributed by atoms with Crippen LogP contribution in [0.1, 0.15) is 64.7 Å². The minimum Gasteiger partial charge on any atom is -0.480 e. The highest BCUT2D eigenvalue weighted by molar-refractivity contribution is 8.00. The van der Waals surface area contributed by atoms with Gasteiger partial charge < -0.3 is 5.11 Å². The number of rotatable bonds is 9. The normalized spacial score (nSPS) is 24.1. The molecule has 1 heterocycles. The number of unbranched alkanes of at least 4 members (excludes halogenated alkanes) is 6. The third kappa shape index (κ3) is 5.80. The van der Waals surface area contributed by atoms with Gasteiger partial charge in [-0.15, -0.1) is 11.8 Å². The summed E-state index contributed by atoms with van der Waals surface area (Å²) in [5.74, 6) is 0.881. The Labute approximate surface area is 110 Å². The van der Waals surface area contributed by atoms with Crippen molar-refractivity contribution in [2.24, 2.45) is 5.92 Å². The smallest absolute Gasteiger partial charge is 0.316 e. The molecule has 1 aliphatic heterocycles. The molecule has 2 unspecified atom stereocenters. The van der Waals surface area contributed by atoms with Crippen LogP contribution in [0.15, 0.2) is 0 Å². The average Bonchev–Trinajstić information content (AvgIpc) is 2.76. The van der Waals surface area contributed by atoms with Crippen molar-refractivity contribution in [3.63, 3.8) is 0 Å². The van der Waals surface area contributed by atoms with Crippen LogP contribution in [0.5, 0.6) is 0 Å². The Morgan fingerprint density at radius 1 is 1.18 bits per heavy atom. The predicted molar refractivity (Wildman–Crippen MR) is 74.6 cm³/mol. The van der Waals surface area contributed by atoms with E-state index in [4.69, 9.17) is 5.11 Å². The molecule has 100 valence electrons. The van der Waals surface area contributed by atoms with E-state index in [-0.39, 0.29) is 5.25 Å². The SMILES string of the molecule is CCCCCCCCCC1CCSC1C(=O)O. The van der Waals surface area contributed by atoms with Gasteiger partial charge in [0.2, 0.25) is 0 Å². The predicted octanol–water partition coefficient (Wildman–Crippen LogP) is 4.33. The van der Waals surface area contributed by atoms with Gasteiger partial charge in [-0.25, -0.2) is 0 Å². The molecule has 0 aromatic heterocycles. The first-order chi connectivity index (χ1) is 8.25. The maximum absolute atomic E-state index is 11.0. The highest BCUT2D eigenvalue weighted by Crippen LogP contribution is 2.35. The molecule has 0 radical (unpaired) electrons. The van der Waals surface area contributed by atoms with Crippen molar-refractivity contribution in [2.45, 2.75) is 70.0 Å². The minimum atomic E-state index is -0.597. The van der Waals surface area contributed by atoms with Gasteiger partial charge in [-0.2, -0.15) is 0 Å². The van der Waals surface area contributed by atoms with Crippen molar-refractivity contribution in [3.8, 4) is 0 Å². The van der Waals surface area contributed by atoms with Crippen LogP contribution in [-0.4, -0.2) is 22.1 Å². The number of aliphatic carboxylic acids is 1. The molecule has 2 nitrogen and oxygen atoms in total. The zero-order valence-corrected chi connectivity index (χ0v) is 11.8. The van der Waals surface area contributed by atoms with Crippen LogP contribution in [-0.2, 0) is 4.79 Å². The van der Waals surface area contributed by atoms with Gasteiger partial charge in [0, 0.05) is 0 Å². The van der Waals surface area contributed by atoms with Gasteiger partial charge in [0.1, 0.15) is 5.25 Å². The highest BCUT2D eigenvalue weighted by atomic mass is 32.2. The van der Waals surface area contributed by atoms with E-state index in [1.54, 1.807) is 11.8 Å². The van der Waals surface area contributed by atoms with Crippen molar-refractivity contribution >= 4 is 17.7 Å². The highest BCUT2D eigenvalue weighted by Gasteiger charge is 2.32. The largest absolute Gasteiger partial charge is 0.480 e. The van der Waals surface area contributed by atoms with Gasteiger partial charge in [0.15, 0.2) is 0 Å². The first kappa shape index (κ1) is 14.9. The number of carboxylic acids is 1. The van der Waals surface area contributed by atoms with E-state index in [1.807, 2.05) is 0 Å². The van der Waals surface area contributed by atoms with Crippen molar-refractivity contribution in [1.82, 2.24) is 0 Å². The van der Waals surface area contributed by atoms with Crippen LogP contribution in [0, 0.1) is 5.92 Å². The lowest BCUT2D eigenvalue weighted by Gasteiger charge is -2.14. The lowest BCUT2D eigenvalue weighted by molar-refractivity contribution is -0.137. The third-order valence-corrected chi connectivity index (χ3v) is 5.05. The summed E-state index contributed by atoms with van der Waals surface area (Å²) in [5, 5.41) is 8.95. The van der Waals surface area contributed by atoms with Gasteiger partial charge in [-0.1, -0.05) is 51.9 Å². The molecule has 0 aromatic rings. The van der Waals surface area contributed by atoms with Crippen molar-refractivity contribution in [3.05, 3.63) is 0 Å². The van der Waals surface area contributed by atoms with E-state index in [9.17, 15) is 4.79 Å². The Morgan fingerprint density at radius 3 is 2.47 bits per heavy atom. The van der Waals surface area contributed by atoms with E-state index < -0.39 is 5.97 Å². The number of carbonyl (C=O) groups is 1. The topological polar surface area (TPSA) is 37.3 Å². The maximum Gasteiger partial charge on any atom is 0.316 e. The van der Waals surface area contributed by atoms with Crippen molar-refractivity contribution in [1.29, 1.82) is 0 Å². The zero-order valence-electron chi connectivity index (χ0n) is 11.0. The summed E-state index contributed by atoms with van der Waals surface area (Å²) in [4.78, 5) is 11.0. The van der Waals surface area contributed by atoms with Gasteiger partial charge >= 0.3 is 5.97 Å². The number of hydrogen-bond donors (Lipinski definition) is 1. The Hall–Kier alpha value is -0.180. The molecular formula is C14H26O2S. The van der Waals surface area contributed by atoms with Crippen LogP contribution < -0.4 is 0 Å². The monoisotopic (exact) mass is 258 g/mol. The fourth-order valence-corrected chi connectivity index (χ4v) is 3.95. The molecule has 1 rings (SSSR count). The Kier molecular flexibility index (Phi) is 7.74. The molecule has 3 heteroatoms. The summed E-state index contributed by atoms with van der Waals surface area (Å²) in [6.07, 6.45) is 11.5. The van der Waals surface area contributed by atoms with Gasteiger partial charge in [-0.05, 0) is 24.5 Å². The fraction of sp³-hybridized carbons (Fsp3) is 0.929. The quantitative estimate of drug-likeness (QED) is 0.625. The summed E-state index contributed by atoms with van der Waals surface area (Å²) in [6, 6.07) is 0. The van der Waals surface area contributed by atoms with Crippen LogP contribution >= 0.6 is 11.8 Å². The van der Waals surface area contributed by atoms with E-state index in [2.05, 4.69) is 6.92 Å². The van der Waals surface area contributed by atoms with Crippen LogP contribution in [0.4, 0.5) is 0 Å². The lowest BCUT2D eigenvalue weighted by atomic mass is 9.95. The second-order valence-corrected chi connectivity index (χ2v) is 6.34. The van der Waals surface area contributed by atoms with E-state index in [0.29, 0.717) is 5.92 Å². The number of hydrogen-bond acceptors (Lipinski definition) is 2. The van der Waals surface area contributed by atoms with Crippen molar-refractivity contribution < 1.29 is 9.90 Å². The Bertz CT molecular complexity index is 218. The molecule has 0 spiro atoms. The van der Waals surface area contributed by atoms with Crippen LogP contribution in [0.25, 0.3) is 0 Å². The minimum absolute atomic E-state index is 0.116. The molecule has 1 saturated heterocycles. The Balaban J connectivity index is 2.00. The number of carboxylic acid groups (broad SMARTS) is 1. The molecule has 0 aromatic carbocycles. The zero-order chi connectivity index (χ0) is 12.5. The maximum atomic E-state index is 11.0. The first-order valence-corrected chi connectivity index (χ1v) is 8.15. The molecule has 0 saturated carbocycles. The van der Waals surface area contributed by atoms with E-state index in [1.165, 1.54) is 44.9 Å². The third-order valence-electron chi connectivity index (χ3n) is 3.64. The van der Waals surface area contributed by atoms with E-state index >= 15 is 0 Å². The molecule has 1 fully saturated rings. The fourth-order valence-electron chi connectivity index (χ4n) is 2.57. The molecule has 1 N–H and O–H groups in total. The molecule has 0 bridgehead atoms. The first-order valence-electron chi connectivity index (χ1n) is 7.10. The Morgan fingerprint density at radius 2 is 1.82 bits per heavy atom. The lowest BCUT2D eigenvalue weighted by Crippen LogP contribution is -2.21. The number of thioether (sulfide) groups is 1. The second kappa shape index (κ2) is 8.84. The summed E-state index contributed by atoms with van der Waals surface area (Å²) in [5.41, 5.74) is 0. The summed E-state index contributed by atoms with van der Waals surface area (Å²) < 4.78 is 0. The van der Waals surface area contributed by atoms with Crippen molar-refractivity contribution in [2.75, 3.05) is 5.75 Å². The molecule has 1 aliphatic rings. The van der Waals surface area contributed by atoms with Gasteiger partial charge in [-0.3, -0.25) is 4.79 Å². The van der Waals surface area contributed by atoms with Gasteiger partial charge in [0.25, 0.3) is 0 Å². The van der Waals surface area contributed by atoms with Gasteiger partial charge in [0.05, 0.1) is 0 Å². The van der Waals surface area contributed by atoms with Crippen LogP contribution in [0.2, 0.25) is 0 Å². The van der Waals surface area contributed by atoms with E-state index in [0.717, 1.165) is 18.6 Å². The summed E-state index contributed by atoms with van der Waals surface area (Å²) in [6.45, 7) is 2.24. The average molecular weight is 258 g/mol. The summed E-state index contributed by atoms with van der Waals surface area (Å²) in [7, 11) is 0. The van der Waals surface area contributed by atoms with Crippen LogP contribution in [0.3, 0.4) is 0 Å². The molecule has 2 atom stereocenters. The second-order valence-electron chi connectivity index (χ2n) is 5.09. The standard InChI is InChI=1S/C14H26O2S/c1-2-3-4-5-6-7-8-9-12-10-11-17-13(12)14(15)16/h12-13H,2-11H2,1H3,(H,15,16). The molecule has 17 heavy (non-hydrogen) atoms.